The molecule has 0 radical (unpaired) electrons. The van der Waals surface area contributed by atoms with Gasteiger partial charge in [-0.1, -0.05) is 25.4 Å². The highest BCUT2D eigenvalue weighted by molar-refractivity contribution is 6.20. The summed E-state index contributed by atoms with van der Waals surface area (Å²) in [5.41, 5.74) is -1.21. The molecule has 1 N–H and O–H groups in total. The fourth-order valence-electron chi connectivity index (χ4n) is 1.05. The van der Waals surface area contributed by atoms with Gasteiger partial charge < -0.3 is 19.7 Å². The van der Waals surface area contributed by atoms with Crippen molar-refractivity contribution in [3.05, 3.63) is 0 Å². The van der Waals surface area contributed by atoms with Crippen LogP contribution in [0.5, 0.6) is 0 Å². The van der Waals surface area contributed by atoms with Crippen LogP contribution >= 0.6 is 11.6 Å². The molecular weight excluding hydrogens is 284 g/mol. The predicted molar refractivity (Wildman–Crippen MR) is 77.8 cm³/mol. The fraction of sp³-hybridized carbons (Fsp3) is 0.846. The fourth-order valence-corrected chi connectivity index (χ4v) is 1.13. The maximum atomic E-state index is 11.6. The molecule has 0 aliphatic carbocycles. The summed E-state index contributed by atoms with van der Waals surface area (Å²) >= 11 is 5.85. The summed E-state index contributed by atoms with van der Waals surface area (Å²) in [5, 5.41) is 2.56. The van der Waals surface area contributed by atoms with Gasteiger partial charge in [0.15, 0.2) is 5.56 Å². The van der Waals surface area contributed by atoms with Gasteiger partial charge in [0.2, 0.25) is 0 Å². The largest absolute Gasteiger partial charge is 0.444 e. The molecule has 0 bridgehead atoms. The molecule has 20 heavy (non-hydrogen) atoms. The summed E-state index contributed by atoms with van der Waals surface area (Å²) in [6.45, 7) is 9.63. The van der Waals surface area contributed by atoms with Crippen molar-refractivity contribution in [3.8, 4) is 0 Å². The predicted octanol–water partition coefficient (Wildman–Crippen LogP) is 2.80. The van der Waals surface area contributed by atoms with Crippen molar-refractivity contribution in [3.63, 3.8) is 0 Å². The van der Waals surface area contributed by atoms with Crippen LogP contribution < -0.4 is 5.32 Å². The Morgan fingerprint density at radius 1 is 1.30 bits per heavy atom. The number of nitrogens with zero attached hydrogens (tertiary/aromatic N) is 1. The lowest BCUT2D eigenvalue weighted by Crippen LogP contribution is -2.39. The van der Waals surface area contributed by atoms with Crippen molar-refractivity contribution in [2.45, 2.75) is 45.8 Å². The number of likely N-dealkylation sites (N-methyl/N-ethyl adjacent to an activating group) is 1. The molecule has 0 aliphatic heterocycles. The van der Waals surface area contributed by atoms with Crippen LogP contribution in [0.2, 0.25) is 0 Å². The molecule has 0 saturated carbocycles. The van der Waals surface area contributed by atoms with E-state index in [2.05, 4.69) is 5.32 Å². The van der Waals surface area contributed by atoms with Gasteiger partial charge in [0, 0.05) is 26.1 Å². The molecule has 0 aromatic heterocycles. The van der Waals surface area contributed by atoms with Crippen LogP contribution in [0.4, 0.5) is 9.59 Å². The number of carbonyl (C=O) groups excluding carboxylic acids is 2. The quantitative estimate of drug-likeness (QED) is 0.793. The maximum absolute atomic E-state index is 11.6. The normalized spacial score (nSPS) is 12.8. The van der Waals surface area contributed by atoms with Crippen LogP contribution in [0.3, 0.4) is 0 Å². The molecule has 0 spiro atoms. The third-order valence-electron chi connectivity index (χ3n) is 2.16. The highest BCUT2D eigenvalue weighted by atomic mass is 35.5. The molecule has 0 fully saturated rings. The number of nitrogens with one attached hydrogen (secondary N) is 1. The number of rotatable bonds is 5. The first-order valence-electron chi connectivity index (χ1n) is 6.55. The van der Waals surface area contributed by atoms with Crippen molar-refractivity contribution in [2.24, 2.45) is 5.92 Å². The third kappa shape index (κ3) is 8.85. The molecule has 0 heterocycles. The average molecular weight is 309 g/mol. The van der Waals surface area contributed by atoms with Crippen LogP contribution in [0.15, 0.2) is 0 Å². The number of hydrogen-bond acceptors (Lipinski definition) is 4. The second kappa shape index (κ2) is 8.19. The summed E-state index contributed by atoms with van der Waals surface area (Å²) in [4.78, 5) is 24.4. The lowest BCUT2D eigenvalue weighted by molar-refractivity contribution is 0.0514. The Balaban J connectivity index is 3.96. The molecule has 1 atom stereocenters. The molecule has 2 amide bonds. The lowest BCUT2D eigenvalue weighted by atomic mass is 10.2. The van der Waals surface area contributed by atoms with E-state index in [0.29, 0.717) is 6.54 Å². The minimum absolute atomic E-state index is 0.0360. The Labute approximate surface area is 125 Å². The number of halogens is 1. The number of ether oxygens (including phenoxy) is 2. The first-order valence-corrected chi connectivity index (χ1v) is 6.99. The molecule has 0 saturated heterocycles. The monoisotopic (exact) mass is 308 g/mol. The Kier molecular flexibility index (Phi) is 7.71. The number of carbonyl (C=O) groups is 2. The third-order valence-corrected chi connectivity index (χ3v) is 2.76. The molecule has 1 unspecified atom stereocenters. The first kappa shape index (κ1) is 18.8. The van der Waals surface area contributed by atoms with E-state index in [1.807, 2.05) is 13.8 Å². The minimum Gasteiger partial charge on any atom is -0.444 e. The molecule has 0 aliphatic rings. The van der Waals surface area contributed by atoms with Crippen molar-refractivity contribution in [2.75, 3.05) is 20.1 Å². The van der Waals surface area contributed by atoms with Crippen molar-refractivity contribution in [1.29, 1.82) is 0 Å². The van der Waals surface area contributed by atoms with E-state index in [4.69, 9.17) is 21.1 Å². The van der Waals surface area contributed by atoms with E-state index < -0.39 is 23.4 Å². The summed E-state index contributed by atoms with van der Waals surface area (Å²) in [5.74, 6) is 0.0360. The zero-order valence-electron chi connectivity index (χ0n) is 13.0. The van der Waals surface area contributed by atoms with Crippen LogP contribution in [0, 0.1) is 5.92 Å². The van der Waals surface area contributed by atoms with Gasteiger partial charge in [-0.05, 0) is 20.8 Å². The van der Waals surface area contributed by atoms with Gasteiger partial charge in [0.25, 0.3) is 0 Å². The number of hydrogen-bond donors (Lipinski definition) is 1. The summed E-state index contributed by atoms with van der Waals surface area (Å²) in [6.07, 6.45) is -1.04. The highest BCUT2D eigenvalue weighted by Gasteiger charge is 2.19. The molecule has 0 aromatic carbocycles. The second-order valence-electron chi connectivity index (χ2n) is 5.83. The van der Waals surface area contributed by atoms with Crippen molar-refractivity contribution < 1.29 is 19.1 Å². The lowest BCUT2D eigenvalue weighted by Gasteiger charge is -2.22. The van der Waals surface area contributed by atoms with Gasteiger partial charge in [0.1, 0.15) is 5.60 Å². The standard InChI is InChI=1S/C13H25ClN2O4/c1-9(2)10(14)19-12(18)16(6)8-7-15-11(17)20-13(3,4)5/h9-10H,7-8H2,1-6H3,(H,15,17). The van der Waals surface area contributed by atoms with E-state index in [0.717, 1.165) is 0 Å². The molecule has 0 rings (SSSR count). The van der Waals surface area contributed by atoms with Crippen molar-refractivity contribution in [1.82, 2.24) is 10.2 Å². The topological polar surface area (TPSA) is 67.9 Å². The molecule has 0 aromatic rings. The SMILES string of the molecule is CC(C)C(Cl)OC(=O)N(C)CCNC(=O)OC(C)(C)C. The van der Waals surface area contributed by atoms with Gasteiger partial charge in [-0.25, -0.2) is 9.59 Å². The van der Waals surface area contributed by atoms with Crippen molar-refractivity contribution >= 4 is 23.8 Å². The Hall–Kier alpha value is -1.17. The van der Waals surface area contributed by atoms with Crippen LogP contribution in [-0.4, -0.2) is 48.4 Å². The zero-order chi connectivity index (χ0) is 15.9. The molecular formula is C13H25ClN2O4. The van der Waals surface area contributed by atoms with E-state index in [-0.39, 0.29) is 12.5 Å². The van der Waals surface area contributed by atoms with Gasteiger partial charge >= 0.3 is 12.2 Å². The van der Waals surface area contributed by atoms with E-state index >= 15 is 0 Å². The number of alkyl carbamates (subject to hydrolysis) is 1. The average Bonchev–Trinajstić information content (AvgIpc) is 2.25. The van der Waals surface area contributed by atoms with Gasteiger partial charge in [-0.15, -0.1) is 0 Å². The molecule has 7 heteroatoms. The van der Waals surface area contributed by atoms with Crippen LogP contribution in [-0.2, 0) is 9.47 Å². The van der Waals surface area contributed by atoms with E-state index in [1.54, 1.807) is 27.8 Å². The van der Waals surface area contributed by atoms with E-state index in [9.17, 15) is 9.59 Å². The zero-order valence-corrected chi connectivity index (χ0v) is 13.8. The Morgan fingerprint density at radius 3 is 2.30 bits per heavy atom. The first-order chi connectivity index (χ1) is 9.03. The highest BCUT2D eigenvalue weighted by Crippen LogP contribution is 2.12. The van der Waals surface area contributed by atoms with E-state index in [1.165, 1.54) is 4.90 Å². The van der Waals surface area contributed by atoms with Gasteiger partial charge in [-0.3, -0.25) is 0 Å². The molecule has 6 nitrogen and oxygen atoms in total. The second-order valence-corrected chi connectivity index (χ2v) is 6.26. The smallest absolute Gasteiger partial charge is 0.411 e. The Bertz CT molecular complexity index is 329. The van der Waals surface area contributed by atoms with Gasteiger partial charge in [0.05, 0.1) is 0 Å². The Morgan fingerprint density at radius 2 is 1.85 bits per heavy atom. The van der Waals surface area contributed by atoms with Crippen LogP contribution in [0.25, 0.3) is 0 Å². The maximum Gasteiger partial charge on any atom is 0.411 e. The number of amides is 2. The summed E-state index contributed by atoms with van der Waals surface area (Å²) in [6, 6.07) is 0. The summed E-state index contributed by atoms with van der Waals surface area (Å²) in [7, 11) is 1.57. The van der Waals surface area contributed by atoms with Crippen LogP contribution in [0.1, 0.15) is 34.6 Å². The summed E-state index contributed by atoms with van der Waals surface area (Å²) < 4.78 is 10.1. The minimum atomic E-state index is -0.663. The molecule has 118 valence electrons. The van der Waals surface area contributed by atoms with Gasteiger partial charge in [-0.2, -0.15) is 0 Å². The number of alkyl halides is 1.